The predicted molar refractivity (Wildman–Crippen MR) is 248 cm³/mol. The van der Waals surface area contributed by atoms with Gasteiger partial charge < -0.3 is 78.0 Å². The number of aliphatic hydroxyl groups excluding tert-OH is 4. The van der Waals surface area contributed by atoms with Crippen molar-refractivity contribution in [3.63, 3.8) is 0 Å². The molecule has 0 radical (unpaired) electrons. The number of aliphatic hydroxyl groups is 6. The second-order valence-electron chi connectivity index (χ2n) is 22.3. The summed E-state index contributed by atoms with van der Waals surface area (Å²) in [6.45, 7) is 12.4. The van der Waals surface area contributed by atoms with Gasteiger partial charge >= 0.3 is 5.97 Å². The van der Waals surface area contributed by atoms with Gasteiger partial charge in [0.1, 0.15) is 47.5 Å². The Morgan fingerprint density at radius 3 is 1.80 bits per heavy atom. The Bertz CT molecular complexity index is 2050. The van der Waals surface area contributed by atoms with Gasteiger partial charge in [-0.1, -0.05) is 25.5 Å². The molecule has 0 amide bonds. The molecule has 6 N–H and O–H groups in total. The van der Waals surface area contributed by atoms with E-state index in [0.29, 0.717) is 25.7 Å². The van der Waals surface area contributed by atoms with Gasteiger partial charge in [-0.05, 0) is 97.1 Å². The number of esters is 1. The largest absolute Gasteiger partial charge is 0.458 e. The van der Waals surface area contributed by atoms with Gasteiger partial charge in [-0.25, -0.2) is 4.79 Å². The van der Waals surface area contributed by atoms with Crippen molar-refractivity contribution in [2.45, 2.75) is 241 Å². The average Bonchev–Trinajstić information content (AvgIpc) is 3.62. The molecule has 19 heteroatoms. The highest BCUT2D eigenvalue weighted by molar-refractivity contribution is 5.89. The van der Waals surface area contributed by atoms with Crippen molar-refractivity contribution in [1.82, 2.24) is 4.98 Å². The normalized spacial score (nSPS) is 50.0. The molecule has 8 aliphatic rings. The van der Waals surface area contributed by atoms with E-state index in [0.717, 1.165) is 5.57 Å². The monoisotopic (exact) mass is 1000 g/mol. The molecule has 3 saturated carbocycles. The summed E-state index contributed by atoms with van der Waals surface area (Å²) >= 11 is 0. The number of Topliss-reactive ketones (excluding diaryl/α,β-unsaturated/α-hetero) is 1. The molecule has 4 aliphatic carbocycles. The molecule has 0 aromatic carbocycles. The maximum Gasteiger partial charge on any atom is 0.339 e. The number of aromatic nitrogens is 1. The summed E-state index contributed by atoms with van der Waals surface area (Å²) in [5.41, 5.74) is -3.78. The van der Waals surface area contributed by atoms with E-state index in [-0.39, 0.29) is 62.4 Å². The first kappa shape index (κ1) is 53.3. The molecule has 0 bridgehead atoms. The van der Waals surface area contributed by atoms with E-state index >= 15 is 0 Å². The lowest BCUT2D eigenvalue weighted by Crippen LogP contribution is -2.75. The van der Waals surface area contributed by atoms with Crippen LogP contribution in [0.3, 0.4) is 0 Å². The van der Waals surface area contributed by atoms with Crippen molar-refractivity contribution >= 4 is 11.8 Å². The molecule has 0 spiro atoms. The molecule has 24 atom stereocenters. The first-order valence-corrected chi connectivity index (χ1v) is 25.8. The fraction of sp³-hybridized carbons (Fsp3) is 0.827. The summed E-state index contributed by atoms with van der Waals surface area (Å²) in [6.07, 6.45) is -5.06. The van der Waals surface area contributed by atoms with Crippen molar-refractivity contribution in [2.75, 3.05) is 7.11 Å². The Kier molecular flexibility index (Phi) is 15.4. The van der Waals surface area contributed by atoms with Gasteiger partial charge in [0.2, 0.25) is 0 Å². The maximum atomic E-state index is 13.6. The Morgan fingerprint density at radius 1 is 0.732 bits per heavy atom. The van der Waals surface area contributed by atoms with Gasteiger partial charge in [0.25, 0.3) is 0 Å². The van der Waals surface area contributed by atoms with Gasteiger partial charge in [0, 0.05) is 62.4 Å². The Labute approximate surface area is 415 Å². The van der Waals surface area contributed by atoms with E-state index in [1.807, 2.05) is 6.08 Å². The van der Waals surface area contributed by atoms with E-state index in [4.69, 9.17) is 47.4 Å². The molecular formula is C52H77NO18. The Balaban J connectivity index is 0.780. The Morgan fingerprint density at radius 2 is 1.28 bits per heavy atom. The van der Waals surface area contributed by atoms with Crippen LogP contribution in [0.1, 0.15) is 129 Å². The van der Waals surface area contributed by atoms with Crippen LogP contribution in [0.2, 0.25) is 0 Å². The molecule has 9 rings (SSSR count). The number of pyridine rings is 1. The molecular weight excluding hydrogens is 927 g/mol. The molecule has 5 heterocycles. The second kappa shape index (κ2) is 20.5. The van der Waals surface area contributed by atoms with Crippen LogP contribution in [-0.4, -0.2) is 176 Å². The zero-order chi connectivity index (χ0) is 50.9. The maximum absolute atomic E-state index is 13.6. The average molecular weight is 1000 g/mol. The van der Waals surface area contributed by atoms with E-state index < -0.39 is 144 Å². The Hall–Kier alpha value is -2.57. The highest BCUT2D eigenvalue weighted by atomic mass is 16.8. The number of carbonyl (C=O) groups excluding carboxylic acids is 2. The van der Waals surface area contributed by atoms with Crippen molar-refractivity contribution in [1.29, 1.82) is 0 Å². The summed E-state index contributed by atoms with van der Waals surface area (Å²) in [4.78, 5) is 30.9. The van der Waals surface area contributed by atoms with E-state index in [1.54, 1.807) is 52.9 Å². The first-order chi connectivity index (χ1) is 33.6. The van der Waals surface area contributed by atoms with E-state index in [9.17, 15) is 40.2 Å². The molecule has 4 saturated heterocycles. The van der Waals surface area contributed by atoms with Gasteiger partial charge in [-0.2, -0.15) is 0 Å². The zero-order valence-electron chi connectivity index (χ0n) is 42.2. The number of fused-ring (bicyclic) bond motifs is 5. The molecule has 4 aliphatic heterocycles. The molecule has 7 fully saturated rings. The second-order valence-corrected chi connectivity index (χ2v) is 22.3. The molecule has 71 heavy (non-hydrogen) atoms. The fourth-order valence-corrected chi connectivity index (χ4v) is 14.2. The van der Waals surface area contributed by atoms with E-state index in [2.05, 4.69) is 11.9 Å². The lowest BCUT2D eigenvalue weighted by atomic mass is 9.43. The van der Waals surface area contributed by atoms with Crippen LogP contribution in [0.15, 0.2) is 36.2 Å². The SMILES string of the molecule is CO[C@@H]1C[C@@H](O[C@H]2[C@H](O)C[C@@H](O[C@H]3[C@H](C)O[C@@H](O[C@H]4[C@H](O)C[C@H](O[C@H]5CC[C@@]6(C)C(=CC[C@@]7(O)[C@@H]6C[C@H](OC(=O)c6cccnc6)[C@]6(C)[C@@H](C(C)=O)CC[C@]67O)C5)O[C@@H]4C)C[C@@H]3O)O[C@H]2C)O[C@@H](C)[C@H]1O. The van der Waals surface area contributed by atoms with Gasteiger partial charge in [-0.3, -0.25) is 9.78 Å². The molecule has 1 aromatic heterocycles. The summed E-state index contributed by atoms with van der Waals surface area (Å²) < 4.78 is 61.4. The minimum absolute atomic E-state index is 0.0405. The lowest BCUT2D eigenvalue weighted by molar-refractivity contribution is -0.344. The lowest BCUT2D eigenvalue weighted by Gasteiger charge is -2.66. The number of ether oxygens (including phenoxy) is 10. The van der Waals surface area contributed by atoms with Crippen LogP contribution in [0.5, 0.6) is 0 Å². The predicted octanol–water partition coefficient (Wildman–Crippen LogP) is 3.15. The number of nitrogens with zero attached hydrogens (tertiary/aromatic N) is 1. The number of hydrogen-bond donors (Lipinski definition) is 6. The van der Waals surface area contributed by atoms with Crippen LogP contribution in [0, 0.1) is 22.7 Å². The van der Waals surface area contributed by atoms with Crippen LogP contribution in [0.25, 0.3) is 0 Å². The number of methoxy groups -OCH3 is 1. The van der Waals surface area contributed by atoms with E-state index in [1.165, 1.54) is 20.2 Å². The summed E-state index contributed by atoms with van der Waals surface area (Å²) in [5, 5.41) is 70.0. The molecule has 398 valence electrons. The number of ketones is 1. The van der Waals surface area contributed by atoms with Crippen molar-refractivity contribution in [3.8, 4) is 0 Å². The minimum atomic E-state index is -1.71. The smallest absolute Gasteiger partial charge is 0.339 e. The van der Waals surface area contributed by atoms with Crippen molar-refractivity contribution in [3.05, 3.63) is 41.7 Å². The third-order valence-electron chi connectivity index (χ3n) is 18.2. The summed E-state index contributed by atoms with van der Waals surface area (Å²) in [6, 6.07) is 3.27. The van der Waals surface area contributed by atoms with Crippen LogP contribution < -0.4 is 0 Å². The third-order valence-corrected chi connectivity index (χ3v) is 18.2. The van der Waals surface area contributed by atoms with Gasteiger partial charge in [0.05, 0.1) is 60.5 Å². The quantitative estimate of drug-likeness (QED) is 0.130. The molecule has 19 nitrogen and oxygen atoms in total. The van der Waals surface area contributed by atoms with Crippen LogP contribution in [-0.2, 0) is 52.2 Å². The third kappa shape index (κ3) is 9.60. The van der Waals surface area contributed by atoms with Crippen LogP contribution in [0.4, 0.5) is 0 Å². The van der Waals surface area contributed by atoms with Crippen LogP contribution >= 0.6 is 0 Å². The highest BCUT2D eigenvalue weighted by Crippen LogP contribution is 2.70. The number of carbonyl (C=O) groups is 2. The fourth-order valence-electron chi connectivity index (χ4n) is 14.2. The first-order valence-electron chi connectivity index (χ1n) is 25.8. The summed E-state index contributed by atoms with van der Waals surface area (Å²) in [5.74, 6) is -1.82. The van der Waals surface area contributed by atoms with Gasteiger partial charge in [-0.15, -0.1) is 0 Å². The van der Waals surface area contributed by atoms with Crippen molar-refractivity contribution < 1.29 is 87.6 Å². The minimum Gasteiger partial charge on any atom is -0.458 e. The molecule has 1 aromatic rings. The number of hydrogen-bond acceptors (Lipinski definition) is 19. The van der Waals surface area contributed by atoms with Gasteiger partial charge in [0.15, 0.2) is 25.2 Å². The molecule has 0 unspecified atom stereocenters. The van der Waals surface area contributed by atoms with Crippen molar-refractivity contribution in [2.24, 2.45) is 22.7 Å². The highest BCUT2D eigenvalue weighted by Gasteiger charge is 2.77. The topological polar surface area (TPSA) is 261 Å². The summed E-state index contributed by atoms with van der Waals surface area (Å²) in [7, 11) is 1.52. The standard InChI is InChI=1S/C52H77NO18/c1-25(54)33-13-16-52(61)50(33,7)39(68-48(59)30-10-9-17-53-24-30)23-38-49(6)14-12-32(18-31(49)11-15-51(38,52)60)67-40-19-34(55)45(27(3)64-40)69-41-20-35(56)46(28(4)65-41)70-42-21-36(57)47(29(5)66-42)71-43-22-37(62-8)44(58)26(2)63-43/h9-11,17,24,26-29,32-47,55-58,60-61H,12-16,18-23H2,1-8H3/t26-,27+,28-,29-,32-,33+,34+,35-,36+,37+,38+,39-,40-,41-,42+,43+,44+,45+,46-,47+,49-,50-,51+,52-/m0/s1. The number of rotatable bonds is 12. The zero-order valence-corrected chi connectivity index (χ0v) is 42.2.